The van der Waals surface area contributed by atoms with Crippen LogP contribution in [0.4, 0.5) is 13.2 Å². The number of alkyl halides is 3. The van der Waals surface area contributed by atoms with E-state index < -0.39 is 18.6 Å². The first-order valence-electron chi connectivity index (χ1n) is 4.98. The van der Waals surface area contributed by atoms with Gasteiger partial charge in [-0.1, -0.05) is 0 Å². The van der Waals surface area contributed by atoms with Gasteiger partial charge in [0, 0.05) is 18.7 Å². The summed E-state index contributed by atoms with van der Waals surface area (Å²) in [5, 5.41) is 0. The van der Waals surface area contributed by atoms with Gasteiger partial charge in [0.25, 0.3) is 0 Å². The summed E-state index contributed by atoms with van der Waals surface area (Å²) >= 11 is 0. The zero-order valence-corrected chi connectivity index (χ0v) is 9.29. The molecule has 3 N–H and O–H groups in total. The number of nitrogens with two attached hydrogens (primary N) is 1. The van der Waals surface area contributed by atoms with Gasteiger partial charge < -0.3 is 4.74 Å². The molecule has 0 aliphatic heterocycles. The summed E-state index contributed by atoms with van der Waals surface area (Å²) < 4.78 is 41.3. The van der Waals surface area contributed by atoms with Gasteiger partial charge in [-0.05, 0) is 18.1 Å². The maximum Gasteiger partial charge on any atom is 0.389 e. The Morgan fingerprint density at radius 1 is 1.47 bits per heavy atom. The molecule has 1 unspecified atom stereocenters. The summed E-state index contributed by atoms with van der Waals surface area (Å²) in [5.74, 6) is 5.72. The molecule has 1 rings (SSSR count). The molecule has 0 spiro atoms. The second-order valence-corrected chi connectivity index (χ2v) is 3.53. The highest BCUT2D eigenvalue weighted by molar-refractivity contribution is 5.25. The van der Waals surface area contributed by atoms with Crippen LogP contribution in [0.25, 0.3) is 0 Å². The number of nitrogens with one attached hydrogen (secondary N) is 1. The number of hydrogen-bond donors (Lipinski definition) is 2. The lowest BCUT2D eigenvalue weighted by Gasteiger charge is -2.17. The Balaban J connectivity index is 2.72. The van der Waals surface area contributed by atoms with Crippen LogP contribution >= 0.6 is 0 Å². The SMILES string of the molecule is COc1cncc(C(CCC(F)(F)F)NN)c1. The molecule has 7 heteroatoms. The van der Waals surface area contributed by atoms with Gasteiger partial charge in [-0.2, -0.15) is 13.2 Å². The lowest BCUT2D eigenvalue weighted by Crippen LogP contribution is -2.29. The molecule has 0 aliphatic carbocycles. The Morgan fingerprint density at radius 2 is 2.18 bits per heavy atom. The lowest BCUT2D eigenvalue weighted by molar-refractivity contribution is -0.136. The van der Waals surface area contributed by atoms with Crippen LogP contribution in [0.1, 0.15) is 24.4 Å². The lowest BCUT2D eigenvalue weighted by atomic mass is 10.0. The van der Waals surface area contributed by atoms with Gasteiger partial charge in [-0.15, -0.1) is 0 Å². The first-order chi connectivity index (χ1) is 7.96. The van der Waals surface area contributed by atoms with Gasteiger partial charge >= 0.3 is 6.18 Å². The second kappa shape index (κ2) is 5.83. The summed E-state index contributed by atoms with van der Waals surface area (Å²) in [5.41, 5.74) is 2.91. The van der Waals surface area contributed by atoms with Crippen molar-refractivity contribution in [1.29, 1.82) is 0 Å². The van der Waals surface area contributed by atoms with Crippen molar-refractivity contribution in [3.63, 3.8) is 0 Å². The van der Waals surface area contributed by atoms with E-state index in [-0.39, 0.29) is 6.42 Å². The van der Waals surface area contributed by atoms with Crippen molar-refractivity contribution in [3.05, 3.63) is 24.0 Å². The molecule has 1 heterocycles. The first kappa shape index (κ1) is 13.7. The summed E-state index contributed by atoms with van der Waals surface area (Å²) in [6.45, 7) is 0. The smallest absolute Gasteiger partial charge is 0.389 e. The zero-order valence-electron chi connectivity index (χ0n) is 9.29. The van der Waals surface area contributed by atoms with E-state index in [2.05, 4.69) is 10.4 Å². The average Bonchev–Trinajstić information content (AvgIpc) is 2.29. The normalized spacial score (nSPS) is 13.5. The third-order valence-corrected chi connectivity index (χ3v) is 2.29. The van der Waals surface area contributed by atoms with Gasteiger partial charge in [-0.25, -0.2) is 0 Å². The molecule has 0 amide bonds. The molecule has 1 aromatic heterocycles. The van der Waals surface area contributed by atoms with E-state index in [9.17, 15) is 13.2 Å². The number of hydrogen-bond acceptors (Lipinski definition) is 4. The van der Waals surface area contributed by atoms with Crippen LogP contribution in [-0.4, -0.2) is 18.3 Å². The van der Waals surface area contributed by atoms with E-state index in [4.69, 9.17) is 10.6 Å². The highest BCUT2D eigenvalue weighted by Crippen LogP contribution is 2.27. The summed E-state index contributed by atoms with van der Waals surface area (Å²) in [7, 11) is 1.46. The van der Waals surface area contributed by atoms with Crippen molar-refractivity contribution in [2.24, 2.45) is 5.84 Å². The minimum absolute atomic E-state index is 0.144. The van der Waals surface area contributed by atoms with Crippen LogP contribution < -0.4 is 16.0 Å². The third-order valence-electron chi connectivity index (χ3n) is 2.29. The van der Waals surface area contributed by atoms with Crippen LogP contribution in [0.15, 0.2) is 18.5 Å². The molecule has 0 bridgehead atoms. The highest BCUT2D eigenvalue weighted by atomic mass is 19.4. The van der Waals surface area contributed by atoms with Crippen LogP contribution in [-0.2, 0) is 0 Å². The molecule has 0 aromatic carbocycles. The van der Waals surface area contributed by atoms with Gasteiger partial charge in [0.15, 0.2) is 0 Å². The highest BCUT2D eigenvalue weighted by Gasteiger charge is 2.28. The van der Waals surface area contributed by atoms with Gasteiger partial charge in [-0.3, -0.25) is 16.3 Å². The number of pyridine rings is 1. The van der Waals surface area contributed by atoms with Crippen LogP contribution in [0, 0.1) is 0 Å². The molecule has 1 aromatic rings. The van der Waals surface area contributed by atoms with Gasteiger partial charge in [0.1, 0.15) is 5.75 Å². The average molecular weight is 249 g/mol. The van der Waals surface area contributed by atoms with Crippen LogP contribution in [0.2, 0.25) is 0 Å². The fraction of sp³-hybridized carbons (Fsp3) is 0.500. The minimum atomic E-state index is -4.19. The molecular weight excluding hydrogens is 235 g/mol. The Labute approximate surface area is 96.9 Å². The van der Waals surface area contributed by atoms with Gasteiger partial charge in [0.05, 0.1) is 13.3 Å². The molecule has 1 atom stereocenters. The number of rotatable bonds is 5. The summed E-state index contributed by atoms with van der Waals surface area (Å²) in [6.07, 6.45) is -2.31. The van der Waals surface area contributed by atoms with E-state index in [1.165, 1.54) is 19.5 Å². The van der Waals surface area contributed by atoms with E-state index in [0.717, 1.165) is 0 Å². The molecule has 96 valence electrons. The number of nitrogens with zero attached hydrogens (tertiary/aromatic N) is 1. The number of aromatic nitrogens is 1. The number of halogens is 3. The number of ether oxygens (including phenoxy) is 1. The quantitative estimate of drug-likeness (QED) is 0.618. The zero-order chi connectivity index (χ0) is 12.9. The number of hydrazine groups is 1. The maximum absolute atomic E-state index is 12.1. The summed E-state index contributed by atoms with van der Waals surface area (Å²) in [6, 6.07) is 1.01. The molecular formula is C10H14F3N3O. The van der Waals surface area contributed by atoms with E-state index in [1.807, 2.05) is 0 Å². The number of methoxy groups -OCH3 is 1. The molecule has 17 heavy (non-hydrogen) atoms. The standard InChI is InChI=1S/C10H14F3N3O/c1-17-8-4-7(5-15-6-8)9(16-14)2-3-10(11,12)13/h4-6,9,16H,2-3,14H2,1H3. The fourth-order valence-electron chi connectivity index (χ4n) is 1.39. The van der Waals surface area contributed by atoms with Gasteiger partial charge in [0.2, 0.25) is 0 Å². The maximum atomic E-state index is 12.1. The van der Waals surface area contributed by atoms with E-state index >= 15 is 0 Å². The van der Waals surface area contributed by atoms with Crippen molar-refractivity contribution in [1.82, 2.24) is 10.4 Å². The van der Waals surface area contributed by atoms with Crippen molar-refractivity contribution in [3.8, 4) is 5.75 Å². The van der Waals surface area contributed by atoms with Crippen LogP contribution in [0.5, 0.6) is 5.75 Å². The molecule has 4 nitrogen and oxygen atoms in total. The molecule has 0 aliphatic rings. The Bertz CT molecular complexity index is 357. The predicted octanol–water partition coefficient (Wildman–Crippen LogP) is 1.94. The molecule has 0 saturated carbocycles. The van der Waals surface area contributed by atoms with E-state index in [1.54, 1.807) is 6.07 Å². The monoisotopic (exact) mass is 249 g/mol. The predicted molar refractivity (Wildman–Crippen MR) is 56.1 cm³/mol. The topological polar surface area (TPSA) is 60.2 Å². The Morgan fingerprint density at radius 3 is 2.71 bits per heavy atom. The Hall–Kier alpha value is -1.34. The molecule has 0 saturated heterocycles. The van der Waals surface area contributed by atoms with Crippen molar-refractivity contribution in [2.75, 3.05) is 7.11 Å². The van der Waals surface area contributed by atoms with Crippen molar-refractivity contribution < 1.29 is 17.9 Å². The van der Waals surface area contributed by atoms with E-state index in [0.29, 0.717) is 11.3 Å². The van der Waals surface area contributed by atoms with Crippen molar-refractivity contribution >= 4 is 0 Å². The van der Waals surface area contributed by atoms with Crippen LogP contribution in [0.3, 0.4) is 0 Å². The summed E-state index contributed by atoms with van der Waals surface area (Å²) in [4.78, 5) is 3.87. The van der Waals surface area contributed by atoms with Crippen molar-refractivity contribution in [2.45, 2.75) is 25.1 Å². The fourth-order valence-corrected chi connectivity index (χ4v) is 1.39. The first-order valence-corrected chi connectivity index (χ1v) is 4.98. The largest absolute Gasteiger partial charge is 0.495 e. The Kier molecular flexibility index (Phi) is 4.71. The molecule has 0 fully saturated rings. The second-order valence-electron chi connectivity index (χ2n) is 3.53. The minimum Gasteiger partial charge on any atom is -0.495 e. The third kappa shape index (κ3) is 4.58. The molecule has 0 radical (unpaired) electrons.